The third-order valence-corrected chi connectivity index (χ3v) is 4.65. The molecular formula is C16H13F2N3OS. The van der Waals surface area contributed by atoms with Crippen LogP contribution in [0.25, 0.3) is 10.2 Å². The molecule has 118 valence electrons. The second kappa shape index (κ2) is 5.66. The van der Waals surface area contributed by atoms with E-state index in [1.807, 2.05) is 13.8 Å². The zero-order valence-electron chi connectivity index (χ0n) is 12.7. The van der Waals surface area contributed by atoms with E-state index in [-0.39, 0.29) is 11.6 Å². The number of hydrogen-bond donors (Lipinski definition) is 1. The predicted octanol–water partition coefficient (Wildman–Crippen LogP) is 4.15. The van der Waals surface area contributed by atoms with E-state index in [2.05, 4.69) is 15.3 Å². The number of rotatable bonds is 2. The fourth-order valence-corrected chi connectivity index (χ4v) is 3.62. The standard InChI is InChI=1S/C16H13F2N3OS/c1-7-13-8(2)19-9(3)20-16(13)23-14(7)15(22)21-10-4-5-11(17)12(18)6-10/h4-6H,1-3H3,(H,21,22). The van der Waals surface area contributed by atoms with Crippen molar-refractivity contribution < 1.29 is 13.6 Å². The number of fused-ring (bicyclic) bond motifs is 1. The summed E-state index contributed by atoms with van der Waals surface area (Å²) in [4.78, 5) is 22.3. The zero-order valence-corrected chi connectivity index (χ0v) is 13.5. The number of amides is 1. The number of aromatic nitrogens is 2. The van der Waals surface area contributed by atoms with Crippen molar-refractivity contribution in [2.75, 3.05) is 5.32 Å². The van der Waals surface area contributed by atoms with Gasteiger partial charge in [-0.3, -0.25) is 4.79 Å². The Kier molecular flexibility index (Phi) is 3.81. The summed E-state index contributed by atoms with van der Waals surface area (Å²) in [6, 6.07) is 3.24. The lowest BCUT2D eigenvalue weighted by atomic mass is 10.1. The molecule has 1 amide bonds. The highest BCUT2D eigenvalue weighted by Gasteiger charge is 2.19. The van der Waals surface area contributed by atoms with Gasteiger partial charge in [0.05, 0.1) is 4.88 Å². The Morgan fingerprint density at radius 1 is 1.13 bits per heavy atom. The zero-order chi connectivity index (χ0) is 16.7. The number of benzene rings is 1. The average Bonchev–Trinajstić information content (AvgIpc) is 2.80. The van der Waals surface area contributed by atoms with Crippen LogP contribution in [0.15, 0.2) is 18.2 Å². The Labute approximate surface area is 135 Å². The van der Waals surface area contributed by atoms with E-state index in [0.717, 1.165) is 33.6 Å². The van der Waals surface area contributed by atoms with E-state index < -0.39 is 11.6 Å². The second-order valence-electron chi connectivity index (χ2n) is 5.18. The Hall–Kier alpha value is -2.41. The first kappa shape index (κ1) is 15.5. The van der Waals surface area contributed by atoms with E-state index in [1.165, 1.54) is 17.4 Å². The van der Waals surface area contributed by atoms with Gasteiger partial charge in [0.15, 0.2) is 11.6 Å². The first-order chi connectivity index (χ1) is 10.9. The molecule has 1 N–H and O–H groups in total. The molecule has 0 aliphatic rings. The van der Waals surface area contributed by atoms with Gasteiger partial charge in [-0.25, -0.2) is 18.7 Å². The number of carbonyl (C=O) groups excluding carboxylic acids is 1. The molecule has 0 aliphatic carbocycles. The molecule has 23 heavy (non-hydrogen) atoms. The molecule has 0 fully saturated rings. The van der Waals surface area contributed by atoms with Gasteiger partial charge in [-0.2, -0.15) is 0 Å². The minimum atomic E-state index is -1.01. The van der Waals surface area contributed by atoms with Crippen LogP contribution in [0.2, 0.25) is 0 Å². The van der Waals surface area contributed by atoms with Crippen molar-refractivity contribution in [3.05, 3.63) is 51.8 Å². The molecule has 0 spiro atoms. The molecule has 0 saturated carbocycles. The normalized spacial score (nSPS) is 11.0. The first-order valence-electron chi connectivity index (χ1n) is 6.87. The van der Waals surface area contributed by atoms with E-state index >= 15 is 0 Å². The molecule has 7 heteroatoms. The van der Waals surface area contributed by atoms with Crippen molar-refractivity contribution in [3.8, 4) is 0 Å². The van der Waals surface area contributed by atoms with Crippen molar-refractivity contribution in [2.45, 2.75) is 20.8 Å². The number of aryl methyl sites for hydroxylation is 3. The third kappa shape index (κ3) is 2.79. The summed E-state index contributed by atoms with van der Waals surface area (Å²) < 4.78 is 26.2. The number of anilines is 1. The van der Waals surface area contributed by atoms with Crippen LogP contribution in [0, 0.1) is 32.4 Å². The van der Waals surface area contributed by atoms with Crippen LogP contribution >= 0.6 is 11.3 Å². The van der Waals surface area contributed by atoms with Crippen molar-refractivity contribution in [1.82, 2.24) is 9.97 Å². The van der Waals surface area contributed by atoms with Crippen LogP contribution in [-0.4, -0.2) is 15.9 Å². The third-order valence-electron chi connectivity index (χ3n) is 3.47. The summed E-state index contributed by atoms with van der Waals surface area (Å²) in [6.07, 6.45) is 0. The van der Waals surface area contributed by atoms with Crippen LogP contribution in [0.3, 0.4) is 0 Å². The van der Waals surface area contributed by atoms with E-state index in [1.54, 1.807) is 6.92 Å². The predicted molar refractivity (Wildman–Crippen MR) is 85.9 cm³/mol. The van der Waals surface area contributed by atoms with Gasteiger partial charge >= 0.3 is 0 Å². The summed E-state index contributed by atoms with van der Waals surface area (Å²) >= 11 is 1.26. The second-order valence-corrected chi connectivity index (χ2v) is 6.17. The maximum Gasteiger partial charge on any atom is 0.266 e. The topological polar surface area (TPSA) is 54.9 Å². The number of nitrogens with zero attached hydrogens (tertiary/aromatic N) is 2. The molecule has 0 saturated heterocycles. The van der Waals surface area contributed by atoms with E-state index in [9.17, 15) is 13.6 Å². The van der Waals surface area contributed by atoms with Gasteiger partial charge in [0.25, 0.3) is 5.91 Å². The molecule has 0 bridgehead atoms. The molecule has 1 aromatic carbocycles. The van der Waals surface area contributed by atoms with Gasteiger partial charge in [-0.1, -0.05) is 0 Å². The van der Waals surface area contributed by atoms with Crippen molar-refractivity contribution in [3.63, 3.8) is 0 Å². The number of carbonyl (C=O) groups is 1. The molecule has 0 unspecified atom stereocenters. The highest BCUT2D eigenvalue weighted by atomic mass is 32.1. The van der Waals surface area contributed by atoms with Crippen LogP contribution in [-0.2, 0) is 0 Å². The molecule has 0 atom stereocenters. The van der Waals surface area contributed by atoms with Gasteiger partial charge in [0, 0.05) is 22.8 Å². The minimum Gasteiger partial charge on any atom is -0.321 e. The minimum absolute atomic E-state index is 0.199. The summed E-state index contributed by atoms with van der Waals surface area (Å²) in [7, 11) is 0. The van der Waals surface area contributed by atoms with Crippen LogP contribution in [0.1, 0.15) is 26.8 Å². The van der Waals surface area contributed by atoms with E-state index in [4.69, 9.17) is 0 Å². The Balaban J connectivity index is 1.99. The molecule has 3 aromatic rings. The van der Waals surface area contributed by atoms with Gasteiger partial charge in [-0.15, -0.1) is 11.3 Å². The smallest absolute Gasteiger partial charge is 0.266 e. The van der Waals surface area contributed by atoms with Crippen LogP contribution in [0.4, 0.5) is 14.5 Å². The summed E-state index contributed by atoms with van der Waals surface area (Å²) in [5.41, 5.74) is 1.79. The Bertz CT molecular complexity index is 937. The Morgan fingerprint density at radius 3 is 2.57 bits per heavy atom. The lowest BCUT2D eigenvalue weighted by molar-refractivity contribution is 0.103. The van der Waals surface area contributed by atoms with Gasteiger partial charge in [0.2, 0.25) is 0 Å². The fourth-order valence-electron chi connectivity index (χ4n) is 2.45. The van der Waals surface area contributed by atoms with Crippen molar-refractivity contribution in [2.24, 2.45) is 0 Å². The number of hydrogen-bond acceptors (Lipinski definition) is 4. The van der Waals surface area contributed by atoms with E-state index in [0.29, 0.717) is 10.7 Å². The monoisotopic (exact) mass is 333 g/mol. The summed E-state index contributed by atoms with van der Waals surface area (Å²) in [6.45, 7) is 5.49. The van der Waals surface area contributed by atoms with Gasteiger partial charge < -0.3 is 5.32 Å². The Morgan fingerprint density at radius 2 is 1.87 bits per heavy atom. The number of halogens is 2. The molecule has 0 aliphatic heterocycles. The van der Waals surface area contributed by atoms with Gasteiger partial charge in [0.1, 0.15) is 10.7 Å². The summed E-state index contributed by atoms with van der Waals surface area (Å²) in [5, 5.41) is 3.44. The molecule has 3 rings (SSSR count). The molecule has 2 aromatic heterocycles. The van der Waals surface area contributed by atoms with Crippen molar-refractivity contribution in [1.29, 1.82) is 0 Å². The summed E-state index contributed by atoms with van der Waals surface area (Å²) in [5.74, 6) is -1.70. The largest absolute Gasteiger partial charge is 0.321 e. The lowest BCUT2D eigenvalue weighted by Gasteiger charge is -2.05. The number of nitrogens with one attached hydrogen (secondary N) is 1. The fraction of sp³-hybridized carbons (Fsp3) is 0.188. The van der Waals surface area contributed by atoms with Crippen LogP contribution in [0.5, 0.6) is 0 Å². The highest BCUT2D eigenvalue weighted by molar-refractivity contribution is 7.20. The molecule has 4 nitrogen and oxygen atoms in total. The molecule has 2 heterocycles. The maximum absolute atomic E-state index is 13.2. The number of thiophene rings is 1. The molecule has 0 radical (unpaired) electrons. The lowest BCUT2D eigenvalue weighted by Crippen LogP contribution is -2.11. The van der Waals surface area contributed by atoms with Gasteiger partial charge in [-0.05, 0) is 38.5 Å². The van der Waals surface area contributed by atoms with Crippen LogP contribution < -0.4 is 5.32 Å². The van der Waals surface area contributed by atoms with Crippen molar-refractivity contribution >= 4 is 33.1 Å². The quantitative estimate of drug-likeness (QED) is 0.766. The molecular weight excluding hydrogens is 320 g/mol. The average molecular weight is 333 g/mol. The maximum atomic E-state index is 13.2. The first-order valence-corrected chi connectivity index (χ1v) is 7.69. The SMILES string of the molecule is Cc1nc(C)c2c(C)c(C(=O)Nc3ccc(F)c(F)c3)sc2n1. The highest BCUT2D eigenvalue weighted by Crippen LogP contribution is 2.31.